The van der Waals surface area contributed by atoms with E-state index in [1.807, 2.05) is 27.1 Å². The Morgan fingerprint density at radius 1 is 1.27 bits per heavy atom. The van der Waals surface area contributed by atoms with Crippen LogP contribution in [0.15, 0.2) is 47.2 Å². The quantitative estimate of drug-likeness (QED) is 0.516. The maximum absolute atomic E-state index is 13.2. The van der Waals surface area contributed by atoms with Gasteiger partial charge in [-0.15, -0.1) is 0 Å². The topological polar surface area (TPSA) is 85.8 Å². The van der Waals surface area contributed by atoms with Crippen molar-refractivity contribution < 1.29 is 9.32 Å². The van der Waals surface area contributed by atoms with Crippen LogP contribution in [-0.2, 0) is 13.5 Å². The first kappa shape index (κ1) is 19.8. The highest BCUT2D eigenvalue weighted by Gasteiger charge is 2.21. The minimum absolute atomic E-state index is 0.140. The van der Waals surface area contributed by atoms with Crippen LogP contribution < -0.4 is 5.32 Å². The monoisotopic (exact) mass is 403 g/mol. The van der Waals surface area contributed by atoms with Crippen molar-refractivity contribution >= 4 is 17.0 Å². The minimum atomic E-state index is -0.191. The second kappa shape index (κ2) is 8.10. The van der Waals surface area contributed by atoms with Crippen molar-refractivity contribution in [2.45, 2.75) is 39.7 Å². The zero-order valence-corrected chi connectivity index (χ0v) is 17.6. The molecule has 30 heavy (non-hydrogen) atoms. The maximum Gasteiger partial charge on any atom is 0.259 e. The summed E-state index contributed by atoms with van der Waals surface area (Å²) in [6, 6.07) is 10.0. The van der Waals surface area contributed by atoms with E-state index in [2.05, 4.69) is 51.7 Å². The number of aryl methyl sites for hydroxylation is 3. The van der Waals surface area contributed by atoms with E-state index < -0.39 is 0 Å². The highest BCUT2D eigenvalue weighted by Crippen LogP contribution is 2.27. The fourth-order valence-electron chi connectivity index (χ4n) is 3.59. The standard InChI is InChI=1S/C23H25N5O2/c1-5-6-16-7-9-17(10-8-16)14(2)25-22(29)19-11-20(18-12-24-28(4)13-18)26-23-21(19)15(3)27-30-23/h7-14H,5-6H2,1-4H3,(H,25,29)/t14-/m1/s1. The van der Waals surface area contributed by atoms with Gasteiger partial charge in [-0.25, -0.2) is 4.98 Å². The number of amides is 1. The van der Waals surface area contributed by atoms with Gasteiger partial charge in [-0.1, -0.05) is 42.8 Å². The predicted molar refractivity (Wildman–Crippen MR) is 115 cm³/mol. The second-order valence-corrected chi connectivity index (χ2v) is 7.59. The third kappa shape index (κ3) is 3.83. The van der Waals surface area contributed by atoms with E-state index in [1.54, 1.807) is 16.9 Å². The molecule has 3 aromatic heterocycles. The number of benzene rings is 1. The van der Waals surface area contributed by atoms with E-state index in [9.17, 15) is 4.79 Å². The molecule has 0 saturated heterocycles. The van der Waals surface area contributed by atoms with E-state index >= 15 is 0 Å². The van der Waals surface area contributed by atoms with Gasteiger partial charge in [0.05, 0.1) is 34.6 Å². The Hall–Kier alpha value is -3.48. The molecule has 3 heterocycles. The van der Waals surface area contributed by atoms with E-state index in [-0.39, 0.29) is 11.9 Å². The number of aromatic nitrogens is 4. The molecule has 154 valence electrons. The van der Waals surface area contributed by atoms with E-state index in [4.69, 9.17) is 4.52 Å². The van der Waals surface area contributed by atoms with Gasteiger partial charge in [0.1, 0.15) is 0 Å². The van der Waals surface area contributed by atoms with Crippen LogP contribution >= 0.6 is 0 Å². The third-order valence-corrected chi connectivity index (χ3v) is 5.23. The second-order valence-electron chi connectivity index (χ2n) is 7.59. The van der Waals surface area contributed by atoms with Crippen LogP contribution in [0.2, 0.25) is 0 Å². The summed E-state index contributed by atoms with van der Waals surface area (Å²) in [5.41, 5.74) is 5.26. The minimum Gasteiger partial charge on any atom is -0.345 e. The zero-order valence-electron chi connectivity index (χ0n) is 17.6. The highest BCUT2D eigenvalue weighted by molar-refractivity contribution is 6.07. The molecule has 0 aliphatic heterocycles. The average molecular weight is 403 g/mol. The fraction of sp³-hybridized carbons (Fsp3) is 0.304. The van der Waals surface area contributed by atoms with Crippen molar-refractivity contribution in [3.63, 3.8) is 0 Å². The lowest BCUT2D eigenvalue weighted by Crippen LogP contribution is -2.27. The van der Waals surface area contributed by atoms with E-state index in [1.165, 1.54) is 5.56 Å². The van der Waals surface area contributed by atoms with Crippen molar-refractivity contribution in [3.8, 4) is 11.3 Å². The molecule has 7 nitrogen and oxygen atoms in total. The summed E-state index contributed by atoms with van der Waals surface area (Å²) in [5, 5.41) is 11.9. The normalized spacial score (nSPS) is 12.3. The van der Waals surface area contributed by atoms with Gasteiger partial charge in [-0.05, 0) is 37.5 Å². The van der Waals surface area contributed by atoms with Gasteiger partial charge in [0.25, 0.3) is 11.6 Å². The lowest BCUT2D eigenvalue weighted by atomic mass is 10.0. The smallest absolute Gasteiger partial charge is 0.259 e. The Balaban J connectivity index is 1.65. The first-order valence-corrected chi connectivity index (χ1v) is 10.1. The number of hydrogen-bond acceptors (Lipinski definition) is 5. The molecule has 1 atom stereocenters. The summed E-state index contributed by atoms with van der Waals surface area (Å²) in [6.45, 7) is 5.95. The molecule has 1 amide bonds. The molecule has 1 aromatic carbocycles. The Labute approximate surface area is 175 Å². The van der Waals surface area contributed by atoms with Crippen molar-refractivity contribution in [2.75, 3.05) is 0 Å². The number of carbonyl (C=O) groups is 1. The van der Waals surface area contributed by atoms with Crippen LogP contribution in [0.3, 0.4) is 0 Å². The molecule has 4 rings (SSSR count). The molecule has 7 heteroatoms. The van der Waals surface area contributed by atoms with Gasteiger partial charge in [0.15, 0.2) is 0 Å². The molecule has 4 aromatic rings. The van der Waals surface area contributed by atoms with Crippen LogP contribution in [0.5, 0.6) is 0 Å². The summed E-state index contributed by atoms with van der Waals surface area (Å²) in [7, 11) is 1.84. The average Bonchev–Trinajstić information content (AvgIpc) is 3.34. The number of fused-ring (bicyclic) bond motifs is 1. The summed E-state index contributed by atoms with van der Waals surface area (Å²) in [4.78, 5) is 17.7. The van der Waals surface area contributed by atoms with Crippen LogP contribution in [0.25, 0.3) is 22.4 Å². The van der Waals surface area contributed by atoms with Gasteiger partial charge in [0, 0.05) is 18.8 Å². The largest absolute Gasteiger partial charge is 0.345 e. The SMILES string of the molecule is CCCc1ccc([C@@H](C)NC(=O)c2cc(-c3cnn(C)c3)nc3onc(C)c23)cc1. The summed E-state index contributed by atoms with van der Waals surface area (Å²) < 4.78 is 7.06. The van der Waals surface area contributed by atoms with Crippen molar-refractivity contribution in [2.24, 2.45) is 7.05 Å². The lowest BCUT2D eigenvalue weighted by Gasteiger charge is -2.15. The van der Waals surface area contributed by atoms with Crippen LogP contribution in [0, 0.1) is 6.92 Å². The van der Waals surface area contributed by atoms with Crippen molar-refractivity contribution in [1.29, 1.82) is 0 Å². The number of nitrogens with one attached hydrogen (secondary N) is 1. The van der Waals surface area contributed by atoms with Crippen LogP contribution in [-0.4, -0.2) is 25.8 Å². The molecule has 0 aliphatic rings. The van der Waals surface area contributed by atoms with E-state index in [0.29, 0.717) is 28.1 Å². The lowest BCUT2D eigenvalue weighted by molar-refractivity contribution is 0.0941. The summed E-state index contributed by atoms with van der Waals surface area (Å²) in [5.74, 6) is -0.191. The highest BCUT2D eigenvalue weighted by atomic mass is 16.5. The number of carbonyl (C=O) groups excluding carboxylic acids is 1. The molecule has 0 unspecified atom stereocenters. The van der Waals surface area contributed by atoms with E-state index in [0.717, 1.165) is 24.0 Å². The molecule has 0 saturated carbocycles. The fourth-order valence-corrected chi connectivity index (χ4v) is 3.59. The first-order valence-electron chi connectivity index (χ1n) is 10.1. The molecule has 0 fully saturated rings. The van der Waals surface area contributed by atoms with Crippen LogP contribution in [0.1, 0.15) is 53.5 Å². The Bertz CT molecular complexity index is 1190. The molecule has 1 N–H and O–H groups in total. The van der Waals surface area contributed by atoms with Crippen molar-refractivity contribution in [3.05, 3.63) is 65.1 Å². The zero-order chi connectivity index (χ0) is 21.3. The molecule has 0 aliphatic carbocycles. The van der Waals surface area contributed by atoms with Crippen molar-refractivity contribution in [1.82, 2.24) is 25.2 Å². The molecule has 0 spiro atoms. The van der Waals surface area contributed by atoms with Gasteiger partial charge < -0.3 is 9.84 Å². The van der Waals surface area contributed by atoms with Crippen LogP contribution in [0.4, 0.5) is 0 Å². The van der Waals surface area contributed by atoms with Gasteiger partial charge >= 0.3 is 0 Å². The molecular weight excluding hydrogens is 378 g/mol. The number of hydrogen-bond donors (Lipinski definition) is 1. The summed E-state index contributed by atoms with van der Waals surface area (Å²) >= 11 is 0. The predicted octanol–water partition coefficient (Wildman–Crippen LogP) is 4.38. The number of nitrogens with zero attached hydrogens (tertiary/aromatic N) is 4. The Kier molecular flexibility index (Phi) is 5.35. The summed E-state index contributed by atoms with van der Waals surface area (Å²) in [6.07, 6.45) is 5.72. The molecule has 0 bridgehead atoms. The van der Waals surface area contributed by atoms with Gasteiger partial charge in [-0.2, -0.15) is 5.10 Å². The number of rotatable bonds is 6. The Morgan fingerprint density at radius 3 is 2.70 bits per heavy atom. The maximum atomic E-state index is 13.2. The van der Waals surface area contributed by atoms with Gasteiger partial charge in [0.2, 0.25) is 0 Å². The molecular formula is C23H25N5O2. The Morgan fingerprint density at radius 2 is 2.03 bits per heavy atom. The third-order valence-electron chi connectivity index (χ3n) is 5.23. The van der Waals surface area contributed by atoms with Gasteiger partial charge in [-0.3, -0.25) is 9.48 Å². The number of pyridine rings is 1. The molecule has 0 radical (unpaired) electrons. The first-order chi connectivity index (χ1) is 14.5.